The number of hydrogen-bond acceptors (Lipinski definition) is 5. The summed E-state index contributed by atoms with van der Waals surface area (Å²) in [6.45, 7) is 3.58. The zero-order valence-corrected chi connectivity index (χ0v) is 18.8. The van der Waals surface area contributed by atoms with E-state index < -0.39 is 11.2 Å². The molecular weight excluding hydrogens is 426 g/mol. The molecule has 1 amide bonds. The number of nitrogens with zero attached hydrogens (tertiary/aromatic N) is 2. The average molecular weight is 452 g/mol. The Morgan fingerprint density at radius 3 is 2.38 bits per heavy atom. The van der Waals surface area contributed by atoms with Crippen LogP contribution >= 0.6 is 11.8 Å². The quantitative estimate of drug-likeness (QED) is 0.476. The van der Waals surface area contributed by atoms with Crippen molar-refractivity contribution in [2.24, 2.45) is 0 Å². The smallest absolute Gasteiger partial charge is 0.316 e. The standard InChI is InChI=1S/C24H25N3O4S/c1-3-20(24(30)31)32-18-12-10-17(11-13-18)25-22(28)15-27-21(4-2)26-19(14-23(27)29)16-8-6-5-7-9-16/h5-14,20H,3-4,15H2,1-2H3,(H,25,28)(H,30,31). The topological polar surface area (TPSA) is 101 Å². The number of carbonyl (C=O) groups excluding carboxylic acids is 1. The van der Waals surface area contributed by atoms with Crippen LogP contribution in [0.1, 0.15) is 26.1 Å². The third-order valence-electron chi connectivity index (χ3n) is 4.84. The van der Waals surface area contributed by atoms with Crippen LogP contribution < -0.4 is 10.9 Å². The number of aryl methyl sites for hydroxylation is 1. The van der Waals surface area contributed by atoms with E-state index >= 15 is 0 Å². The molecule has 0 bridgehead atoms. The third-order valence-corrected chi connectivity index (χ3v) is 6.20. The van der Waals surface area contributed by atoms with Gasteiger partial charge in [0.25, 0.3) is 5.56 Å². The lowest BCUT2D eigenvalue weighted by Crippen LogP contribution is -2.30. The highest BCUT2D eigenvalue weighted by Gasteiger charge is 2.16. The summed E-state index contributed by atoms with van der Waals surface area (Å²) in [7, 11) is 0. The molecule has 0 fully saturated rings. The van der Waals surface area contributed by atoms with Crippen LogP contribution in [0.4, 0.5) is 5.69 Å². The second-order valence-corrected chi connectivity index (χ2v) is 8.40. The number of carbonyl (C=O) groups is 2. The fraction of sp³-hybridized carbons (Fsp3) is 0.250. The molecule has 8 heteroatoms. The van der Waals surface area contributed by atoms with E-state index in [1.165, 1.54) is 22.4 Å². The van der Waals surface area contributed by atoms with Crippen molar-refractivity contribution in [3.63, 3.8) is 0 Å². The molecule has 0 saturated heterocycles. The Hall–Kier alpha value is -3.39. The van der Waals surface area contributed by atoms with E-state index in [1.54, 1.807) is 24.3 Å². The van der Waals surface area contributed by atoms with Gasteiger partial charge in [-0.2, -0.15) is 0 Å². The van der Waals surface area contributed by atoms with Crippen LogP contribution in [0.25, 0.3) is 11.3 Å². The average Bonchev–Trinajstić information content (AvgIpc) is 2.80. The number of benzene rings is 2. The number of thioether (sulfide) groups is 1. The van der Waals surface area contributed by atoms with Crippen molar-refractivity contribution in [1.29, 1.82) is 0 Å². The lowest BCUT2D eigenvalue weighted by Gasteiger charge is -2.13. The molecule has 7 nitrogen and oxygen atoms in total. The molecule has 0 aliphatic rings. The Bertz CT molecular complexity index is 1140. The van der Waals surface area contributed by atoms with Gasteiger partial charge in [0.2, 0.25) is 5.91 Å². The van der Waals surface area contributed by atoms with Crippen LogP contribution in [0.5, 0.6) is 0 Å². The highest BCUT2D eigenvalue weighted by atomic mass is 32.2. The Labute approximate surface area is 190 Å². The van der Waals surface area contributed by atoms with Crippen LogP contribution in [0.3, 0.4) is 0 Å². The number of amides is 1. The maximum Gasteiger partial charge on any atom is 0.316 e. The molecule has 1 atom stereocenters. The molecule has 0 spiro atoms. The van der Waals surface area contributed by atoms with Crippen molar-refractivity contribution >= 4 is 29.3 Å². The number of anilines is 1. The predicted molar refractivity (Wildman–Crippen MR) is 126 cm³/mol. The highest BCUT2D eigenvalue weighted by molar-refractivity contribution is 8.00. The third kappa shape index (κ3) is 5.85. The lowest BCUT2D eigenvalue weighted by molar-refractivity contribution is -0.136. The first kappa shape index (κ1) is 23.3. The van der Waals surface area contributed by atoms with Crippen molar-refractivity contribution in [1.82, 2.24) is 9.55 Å². The number of rotatable bonds is 9. The first-order chi connectivity index (χ1) is 15.4. The van der Waals surface area contributed by atoms with E-state index in [1.807, 2.05) is 44.2 Å². The van der Waals surface area contributed by atoms with Gasteiger partial charge in [0.05, 0.1) is 5.69 Å². The van der Waals surface area contributed by atoms with Gasteiger partial charge in [0, 0.05) is 28.6 Å². The first-order valence-electron chi connectivity index (χ1n) is 10.4. The second kappa shape index (κ2) is 10.8. The molecule has 0 aliphatic heterocycles. The molecule has 3 aromatic rings. The van der Waals surface area contributed by atoms with Gasteiger partial charge in [-0.15, -0.1) is 11.8 Å². The fourth-order valence-electron chi connectivity index (χ4n) is 3.18. The summed E-state index contributed by atoms with van der Waals surface area (Å²) in [4.78, 5) is 41.9. The van der Waals surface area contributed by atoms with Crippen molar-refractivity contribution in [2.45, 2.75) is 43.4 Å². The minimum Gasteiger partial charge on any atom is -0.480 e. The minimum absolute atomic E-state index is 0.141. The van der Waals surface area contributed by atoms with E-state index in [2.05, 4.69) is 10.3 Å². The molecule has 0 saturated carbocycles. The summed E-state index contributed by atoms with van der Waals surface area (Å²) in [6, 6.07) is 17.9. The normalized spacial score (nSPS) is 11.7. The number of hydrogen-bond donors (Lipinski definition) is 2. The zero-order chi connectivity index (χ0) is 23.1. The van der Waals surface area contributed by atoms with Crippen molar-refractivity contribution in [2.75, 3.05) is 5.32 Å². The Morgan fingerprint density at radius 2 is 1.78 bits per heavy atom. The molecule has 1 unspecified atom stereocenters. The van der Waals surface area contributed by atoms with Gasteiger partial charge in [0.1, 0.15) is 17.6 Å². The molecule has 32 heavy (non-hydrogen) atoms. The number of carboxylic acids is 1. The van der Waals surface area contributed by atoms with Crippen LogP contribution in [0.2, 0.25) is 0 Å². The summed E-state index contributed by atoms with van der Waals surface area (Å²) >= 11 is 1.27. The molecule has 1 aromatic heterocycles. The molecule has 2 N–H and O–H groups in total. The summed E-state index contributed by atoms with van der Waals surface area (Å²) in [5.41, 5.74) is 1.73. The number of aliphatic carboxylic acids is 1. The maximum absolute atomic E-state index is 12.7. The molecule has 0 aliphatic carbocycles. The van der Waals surface area contributed by atoms with Crippen LogP contribution in [0, 0.1) is 0 Å². The van der Waals surface area contributed by atoms with Gasteiger partial charge in [0.15, 0.2) is 0 Å². The molecule has 2 aromatic carbocycles. The number of aromatic nitrogens is 2. The first-order valence-corrected chi connectivity index (χ1v) is 11.2. The fourth-order valence-corrected chi connectivity index (χ4v) is 4.07. The van der Waals surface area contributed by atoms with E-state index in [9.17, 15) is 19.5 Å². The highest BCUT2D eigenvalue weighted by Crippen LogP contribution is 2.26. The van der Waals surface area contributed by atoms with Crippen LogP contribution in [-0.4, -0.2) is 31.8 Å². The monoisotopic (exact) mass is 451 g/mol. The molecule has 3 rings (SSSR count). The molecule has 0 radical (unpaired) electrons. The van der Waals surface area contributed by atoms with Gasteiger partial charge in [-0.05, 0) is 30.7 Å². The van der Waals surface area contributed by atoms with E-state index in [0.717, 1.165) is 10.5 Å². The Balaban J connectivity index is 1.71. The summed E-state index contributed by atoms with van der Waals surface area (Å²) in [6.07, 6.45) is 1.03. The van der Waals surface area contributed by atoms with Crippen LogP contribution in [0.15, 0.2) is 70.4 Å². The largest absolute Gasteiger partial charge is 0.480 e. The Morgan fingerprint density at radius 1 is 1.09 bits per heavy atom. The number of carboxylic acid groups (broad SMARTS) is 1. The summed E-state index contributed by atoms with van der Waals surface area (Å²) in [5.74, 6) is -0.648. The van der Waals surface area contributed by atoms with E-state index in [-0.39, 0.29) is 18.0 Å². The Kier molecular flexibility index (Phi) is 7.83. The maximum atomic E-state index is 12.7. The van der Waals surface area contributed by atoms with Gasteiger partial charge < -0.3 is 10.4 Å². The molecular formula is C24H25N3O4S. The summed E-state index contributed by atoms with van der Waals surface area (Å²) in [5, 5.41) is 11.5. The van der Waals surface area contributed by atoms with Gasteiger partial charge in [-0.25, -0.2) is 4.98 Å². The predicted octanol–water partition coefficient (Wildman–Crippen LogP) is 4.07. The van der Waals surface area contributed by atoms with Crippen LogP contribution in [-0.2, 0) is 22.6 Å². The van der Waals surface area contributed by atoms with Gasteiger partial charge in [-0.3, -0.25) is 19.0 Å². The summed E-state index contributed by atoms with van der Waals surface area (Å²) < 4.78 is 1.38. The van der Waals surface area contributed by atoms with Crippen molar-refractivity contribution < 1.29 is 14.7 Å². The van der Waals surface area contributed by atoms with Gasteiger partial charge in [-0.1, -0.05) is 44.2 Å². The van der Waals surface area contributed by atoms with Crippen molar-refractivity contribution in [3.05, 3.63) is 76.8 Å². The zero-order valence-electron chi connectivity index (χ0n) is 17.9. The van der Waals surface area contributed by atoms with Crippen molar-refractivity contribution in [3.8, 4) is 11.3 Å². The molecule has 166 valence electrons. The minimum atomic E-state index is -0.848. The number of nitrogens with one attached hydrogen (secondary N) is 1. The lowest BCUT2D eigenvalue weighted by atomic mass is 10.1. The van der Waals surface area contributed by atoms with E-state index in [4.69, 9.17) is 0 Å². The second-order valence-electron chi connectivity index (χ2n) is 7.13. The van der Waals surface area contributed by atoms with E-state index in [0.29, 0.717) is 30.0 Å². The SMILES string of the molecule is CCc1nc(-c2ccccc2)cc(=O)n1CC(=O)Nc1ccc(SC(CC)C(=O)O)cc1. The molecule has 1 heterocycles. The van der Waals surface area contributed by atoms with Gasteiger partial charge >= 0.3 is 5.97 Å².